The van der Waals surface area contributed by atoms with Gasteiger partial charge in [-0.25, -0.2) is 4.79 Å². The average Bonchev–Trinajstić information content (AvgIpc) is 2.61. The molecule has 0 amide bonds. The van der Waals surface area contributed by atoms with Crippen LogP contribution in [0.4, 0.5) is 5.69 Å². The van der Waals surface area contributed by atoms with Crippen LogP contribution in [0.1, 0.15) is 5.56 Å². The van der Waals surface area contributed by atoms with Gasteiger partial charge in [-0.15, -0.1) is 0 Å². The van der Waals surface area contributed by atoms with E-state index in [2.05, 4.69) is 4.99 Å². The highest BCUT2D eigenvalue weighted by molar-refractivity contribution is 5.94. The number of fused-ring (bicyclic) bond motifs is 1. The number of hydrogen-bond acceptors (Lipinski definition) is 6. The van der Waals surface area contributed by atoms with Gasteiger partial charge < -0.3 is 19.0 Å². The van der Waals surface area contributed by atoms with Gasteiger partial charge in [0.25, 0.3) is 0 Å². The van der Waals surface area contributed by atoms with Crippen molar-refractivity contribution < 1.29 is 19.0 Å². The van der Waals surface area contributed by atoms with Crippen LogP contribution in [0.15, 0.2) is 56.7 Å². The van der Waals surface area contributed by atoms with Crippen LogP contribution in [-0.4, -0.2) is 25.5 Å². The summed E-state index contributed by atoms with van der Waals surface area (Å²) in [5.74, 6) is 0.966. The molecule has 0 spiro atoms. The lowest BCUT2D eigenvalue weighted by Crippen LogP contribution is -2.06. The van der Waals surface area contributed by atoms with Gasteiger partial charge in [-0.2, -0.15) is 0 Å². The summed E-state index contributed by atoms with van der Waals surface area (Å²) in [4.78, 5) is 16.3. The maximum absolute atomic E-state index is 12.1. The van der Waals surface area contributed by atoms with Crippen LogP contribution in [-0.2, 0) is 0 Å². The van der Waals surface area contributed by atoms with Crippen molar-refractivity contribution in [3.05, 3.63) is 58.4 Å². The van der Waals surface area contributed by atoms with E-state index in [4.69, 9.17) is 13.9 Å². The van der Waals surface area contributed by atoms with Gasteiger partial charge in [-0.3, -0.25) is 4.99 Å². The fourth-order valence-corrected chi connectivity index (χ4v) is 2.27. The molecule has 0 saturated heterocycles. The van der Waals surface area contributed by atoms with Crippen molar-refractivity contribution in [3.63, 3.8) is 0 Å². The van der Waals surface area contributed by atoms with E-state index in [0.717, 1.165) is 0 Å². The van der Waals surface area contributed by atoms with Gasteiger partial charge in [-0.05, 0) is 12.1 Å². The Balaban J connectivity index is 2.07. The molecule has 122 valence electrons. The fraction of sp³-hybridized carbons (Fsp3) is 0.111. The molecule has 6 heteroatoms. The minimum atomic E-state index is -0.662. The molecule has 1 N–H and O–H groups in total. The van der Waals surface area contributed by atoms with Crippen molar-refractivity contribution >= 4 is 22.9 Å². The minimum absolute atomic E-state index is 0.0181. The zero-order valence-electron chi connectivity index (χ0n) is 13.1. The molecule has 6 nitrogen and oxygen atoms in total. The van der Waals surface area contributed by atoms with Gasteiger partial charge in [0.05, 0.1) is 25.3 Å². The molecule has 0 aliphatic heterocycles. The highest BCUT2D eigenvalue weighted by atomic mass is 16.5. The molecule has 3 aromatic rings. The molecule has 1 heterocycles. The molecule has 0 aliphatic rings. The Morgan fingerprint density at radius 1 is 1.08 bits per heavy atom. The minimum Gasteiger partial charge on any atom is -0.506 e. The largest absolute Gasteiger partial charge is 0.506 e. The predicted octanol–water partition coefficient (Wildman–Crippen LogP) is 3.27. The molecular formula is C18H15NO5. The Labute approximate surface area is 137 Å². The third kappa shape index (κ3) is 2.94. The van der Waals surface area contributed by atoms with E-state index in [9.17, 15) is 9.90 Å². The molecule has 0 aliphatic carbocycles. The Kier molecular flexibility index (Phi) is 4.20. The lowest BCUT2D eigenvalue weighted by Gasteiger charge is -2.05. The Hall–Kier alpha value is -3.28. The predicted molar refractivity (Wildman–Crippen MR) is 90.9 cm³/mol. The average molecular weight is 325 g/mol. The van der Waals surface area contributed by atoms with E-state index >= 15 is 0 Å². The van der Waals surface area contributed by atoms with E-state index in [1.165, 1.54) is 20.4 Å². The van der Waals surface area contributed by atoms with Crippen LogP contribution < -0.4 is 15.1 Å². The lowest BCUT2D eigenvalue weighted by molar-refractivity contribution is 0.394. The van der Waals surface area contributed by atoms with Crippen LogP contribution in [0.25, 0.3) is 11.0 Å². The molecule has 24 heavy (non-hydrogen) atoms. The second kappa shape index (κ2) is 6.45. The molecule has 0 atom stereocenters. The Morgan fingerprint density at radius 3 is 2.42 bits per heavy atom. The maximum atomic E-state index is 12.1. The number of hydrogen-bond donors (Lipinski definition) is 1. The molecule has 0 unspecified atom stereocenters. The first-order valence-electron chi connectivity index (χ1n) is 7.14. The van der Waals surface area contributed by atoms with Gasteiger partial charge in [0.2, 0.25) is 0 Å². The number of aliphatic imine (C=N–C) groups is 1. The van der Waals surface area contributed by atoms with Crippen molar-refractivity contribution in [2.75, 3.05) is 14.2 Å². The van der Waals surface area contributed by atoms with Gasteiger partial charge >= 0.3 is 5.63 Å². The van der Waals surface area contributed by atoms with Crippen LogP contribution >= 0.6 is 0 Å². The third-order valence-corrected chi connectivity index (χ3v) is 3.50. The van der Waals surface area contributed by atoms with E-state index in [1.807, 2.05) is 0 Å². The smallest absolute Gasteiger partial charge is 0.348 e. The molecule has 0 fully saturated rings. The number of ether oxygens (including phenoxy) is 2. The first kappa shape index (κ1) is 15.6. The number of rotatable bonds is 4. The molecule has 0 saturated carbocycles. The normalized spacial score (nSPS) is 11.1. The summed E-state index contributed by atoms with van der Waals surface area (Å²) < 4.78 is 15.5. The van der Waals surface area contributed by atoms with Gasteiger partial charge in [0, 0.05) is 24.4 Å². The van der Waals surface area contributed by atoms with Crippen LogP contribution in [0.3, 0.4) is 0 Å². The summed E-state index contributed by atoms with van der Waals surface area (Å²) in [6.45, 7) is 0. The molecule has 1 aromatic heterocycles. The summed E-state index contributed by atoms with van der Waals surface area (Å²) in [6.07, 6.45) is 1.27. The topological polar surface area (TPSA) is 81.3 Å². The number of methoxy groups -OCH3 is 2. The van der Waals surface area contributed by atoms with Gasteiger partial charge in [0.1, 0.15) is 28.4 Å². The van der Waals surface area contributed by atoms with Crippen molar-refractivity contribution in [1.29, 1.82) is 0 Å². The molecule has 0 bridgehead atoms. The number of para-hydroxylation sites is 1. The molecular weight excluding hydrogens is 310 g/mol. The first-order valence-corrected chi connectivity index (χ1v) is 7.14. The standard InChI is InChI=1S/C18H15NO5/c1-22-12-7-11(8-13(9-12)23-2)19-10-15-17(20)14-5-3-4-6-16(14)24-18(15)21/h3-10,20H,1-2H3. The summed E-state index contributed by atoms with van der Waals surface area (Å²) in [7, 11) is 3.07. The third-order valence-electron chi connectivity index (χ3n) is 3.50. The monoisotopic (exact) mass is 325 g/mol. The highest BCUT2D eigenvalue weighted by Gasteiger charge is 2.11. The SMILES string of the molecule is COc1cc(N=Cc2c(O)c3ccccc3oc2=O)cc(OC)c1. The van der Waals surface area contributed by atoms with Gasteiger partial charge in [0.15, 0.2) is 0 Å². The van der Waals surface area contributed by atoms with Crippen LogP contribution in [0, 0.1) is 0 Å². The van der Waals surface area contributed by atoms with Crippen molar-refractivity contribution in [2.24, 2.45) is 4.99 Å². The quantitative estimate of drug-likeness (QED) is 0.588. The van der Waals surface area contributed by atoms with Crippen molar-refractivity contribution in [2.45, 2.75) is 0 Å². The van der Waals surface area contributed by atoms with Crippen LogP contribution in [0.5, 0.6) is 17.2 Å². The number of aromatic hydroxyl groups is 1. The Morgan fingerprint density at radius 2 is 1.75 bits per heavy atom. The second-order valence-electron chi connectivity index (χ2n) is 4.98. The first-order chi connectivity index (χ1) is 11.6. The summed E-state index contributed by atoms with van der Waals surface area (Å²) in [6, 6.07) is 11.8. The van der Waals surface area contributed by atoms with Crippen molar-refractivity contribution in [1.82, 2.24) is 0 Å². The summed E-state index contributed by atoms with van der Waals surface area (Å²) >= 11 is 0. The molecule has 3 rings (SSSR count). The van der Waals surface area contributed by atoms with Gasteiger partial charge in [-0.1, -0.05) is 12.1 Å². The highest BCUT2D eigenvalue weighted by Crippen LogP contribution is 2.29. The van der Waals surface area contributed by atoms with Crippen LogP contribution in [0.2, 0.25) is 0 Å². The summed E-state index contributed by atoms with van der Waals surface area (Å²) in [5.41, 5.74) is 0.152. The summed E-state index contributed by atoms with van der Waals surface area (Å²) in [5, 5.41) is 10.8. The van der Waals surface area contributed by atoms with Crippen molar-refractivity contribution in [3.8, 4) is 17.2 Å². The maximum Gasteiger partial charge on any atom is 0.348 e. The van der Waals surface area contributed by atoms with E-state index in [-0.39, 0.29) is 11.3 Å². The number of nitrogens with zero attached hydrogens (tertiary/aromatic N) is 1. The Bertz CT molecular complexity index is 953. The zero-order chi connectivity index (χ0) is 17.1. The molecule has 2 aromatic carbocycles. The zero-order valence-corrected chi connectivity index (χ0v) is 13.1. The fourth-order valence-electron chi connectivity index (χ4n) is 2.27. The second-order valence-corrected chi connectivity index (χ2v) is 4.98. The van der Waals surface area contributed by atoms with E-state index < -0.39 is 5.63 Å². The molecule has 0 radical (unpaired) electrons. The van der Waals surface area contributed by atoms with E-state index in [1.54, 1.807) is 42.5 Å². The number of benzene rings is 2. The lowest BCUT2D eigenvalue weighted by atomic mass is 10.1. The van der Waals surface area contributed by atoms with E-state index in [0.29, 0.717) is 28.2 Å².